The van der Waals surface area contributed by atoms with Crippen molar-refractivity contribution in [2.45, 2.75) is 19.8 Å². The molecule has 0 fully saturated rings. The number of nitrogens with zero attached hydrogens (tertiary/aromatic N) is 2. The van der Waals surface area contributed by atoms with Crippen molar-refractivity contribution in [2.75, 3.05) is 6.61 Å². The van der Waals surface area contributed by atoms with Gasteiger partial charge in [-0.25, -0.2) is 0 Å². The Morgan fingerprint density at radius 3 is 2.79 bits per heavy atom. The van der Waals surface area contributed by atoms with Crippen molar-refractivity contribution in [1.82, 2.24) is 9.55 Å². The Morgan fingerprint density at radius 2 is 2.29 bits per heavy atom. The Hall–Kier alpha value is -0.480. The van der Waals surface area contributed by atoms with Crippen LogP contribution in [0.5, 0.6) is 0 Å². The van der Waals surface area contributed by atoms with Crippen LogP contribution in [0.15, 0.2) is 12.4 Å². The molecule has 0 aliphatic heterocycles. The Balaban J connectivity index is 2.61. The van der Waals surface area contributed by atoms with Gasteiger partial charge in [0.2, 0.25) is 0 Å². The maximum Gasteiger partial charge on any atom is 0.482 e. The molecule has 0 amide bonds. The number of aromatic nitrogens is 2. The molecule has 0 atom stereocenters. The van der Waals surface area contributed by atoms with Gasteiger partial charge in [0.15, 0.2) is 0 Å². The van der Waals surface area contributed by atoms with Gasteiger partial charge in [-0.3, -0.25) is 4.57 Å². The van der Waals surface area contributed by atoms with Gasteiger partial charge >= 0.3 is 13.5 Å². The zero-order valence-corrected chi connectivity index (χ0v) is 9.31. The minimum atomic E-state index is -3.46. The number of rotatable bonds is 5. The fraction of sp³-hybridized carbons (Fsp3) is 0.625. The van der Waals surface area contributed by atoms with E-state index in [9.17, 15) is 9.79 Å². The second-order valence-electron chi connectivity index (χ2n) is 3.07. The molecule has 1 aromatic heterocycles. The van der Waals surface area contributed by atoms with Gasteiger partial charge in [0.05, 0.1) is 6.61 Å². The normalized spacial score (nSPS) is 12.0. The van der Waals surface area contributed by atoms with Gasteiger partial charge in [-0.05, 0) is 6.42 Å². The molecule has 0 radical (unpaired) electrons. The first-order valence-electron chi connectivity index (χ1n) is 4.55. The van der Waals surface area contributed by atoms with Crippen LogP contribution < -0.4 is 5.57 Å². The third-order valence-electron chi connectivity index (χ3n) is 1.83. The molecule has 1 aromatic rings. The summed E-state index contributed by atoms with van der Waals surface area (Å²) in [5, 5.41) is 0. The molecular formula is C8H16N2O3P+. The van der Waals surface area contributed by atoms with Crippen LogP contribution in [-0.4, -0.2) is 25.9 Å². The van der Waals surface area contributed by atoms with Crippen LogP contribution in [-0.2, 0) is 11.6 Å². The van der Waals surface area contributed by atoms with E-state index in [2.05, 4.69) is 4.98 Å². The molecule has 0 bridgehead atoms. The standard InChI is InChI=1S/C8H16N2O3P/c1-3-4-7-13-14(11,12)8-9-5-6-10(8)2/h5-6,11-12H,3-4,7H2,1-2H3/q+1. The summed E-state index contributed by atoms with van der Waals surface area (Å²) in [6.45, 7) is 2.36. The fourth-order valence-corrected chi connectivity index (χ4v) is 2.23. The van der Waals surface area contributed by atoms with Crippen molar-refractivity contribution >= 4 is 13.5 Å². The molecule has 0 unspecified atom stereocenters. The zero-order valence-electron chi connectivity index (χ0n) is 8.42. The minimum absolute atomic E-state index is 0.202. The highest BCUT2D eigenvalue weighted by Gasteiger charge is 2.44. The van der Waals surface area contributed by atoms with Crippen LogP contribution >= 0.6 is 7.94 Å². The lowest BCUT2D eigenvalue weighted by molar-refractivity contribution is 0.234. The van der Waals surface area contributed by atoms with Gasteiger partial charge in [0.25, 0.3) is 0 Å². The first-order valence-corrected chi connectivity index (χ1v) is 6.16. The summed E-state index contributed by atoms with van der Waals surface area (Å²) in [5.74, 6) is 0. The molecular weight excluding hydrogens is 203 g/mol. The summed E-state index contributed by atoms with van der Waals surface area (Å²) < 4.78 is 6.59. The van der Waals surface area contributed by atoms with E-state index >= 15 is 0 Å². The van der Waals surface area contributed by atoms with Gasteiger partial charge in [0.1, 0.15) is 0 Å². The topological polar surface area (TPSA) is 67.5 Å². The first-order chi connectivity index (χ1) is 6.58. The van der Waals surface area contributed by atoms with Crippen molar-refractivity contribution in [2.24, 2.45) is 7.05 Å². The summed E-state index contributed by atoms with van der Waals surface area (Å²) in [6.07, 6.45) is 4.94. The Bertz CT molecular complexity index is 288. The first kappa shape index (κ1) is 11.6. The van der Waals surface area contributed by atoms with Crippen LogP contribution in [0.25, 0.3) is 0 Å². The molecule has 0 saturated heterocycles. The Labute approximate surface area is 83.9 Å². The van der Waals surface area contributed by atoms with E-state index in [1.54, 1.807) is 17.8 Å². The number of hydrogen-bond acceptors (Lipinski definition) is 4. The third-order valence-corrected chi connectivity index (χ3v) is 3.32. The van der Waals surface area contributed by atoms with Crippen LogP contribution in [0, 0.1) is 0 Å². The predicted octanol–water partition coefficient (Wildman–Crippen LogP) is 0.609. The third kappa shape index (κ3) is 2.75. The van der Waals surface area contributed by atoms with Crippen LogP contribution in [0.4, 0.5) is 0 Å². The molecule has 1 heterocycles. The van der Waals surface area contributed by atoms with Crippen LogP contribution in [0.1, 0.15) is 19.8 Å². The number of imidazole rings is 1. The van der Waals surface area contributed by atoms with E-state index in [4.69, 9.17) is 4.52 Å². The van der Waals surface area contributed by atoms with E-state index in [1.807, 2.05) is 6.92 Å². The zero-order chi connectivity index (χ0) is 10.6. The summed E-state index contributed by atoms with van der Waals surface area (Å²) >= 11 is 0. The highest BCUT2D eigenvalue weighted by Crippen LogP contribution is 2.48. The maximum atomic E-state index is 9.64. The molecule has 0 aliphatic carbocycles. The van der Waals surface area contributed by atoms with E-state index in [-0.39, 0.29) is 5.57 Å². The smallest absolute Gasteiger partial charge is 0.298 e. The van der Waals surface area contributed by atoms with Gasteiger partial charge in [0, 0.05) is 19.4 Å². The highest BCUT2D eigenvalue weighted by atomic mass is 31.2. The van der Waals surface area contributed by atoms with E-state index in [0.717, 1.165) is 12.8 Å². The molecule has 0 aromatic carbocycles. The maximum absolute atomic E-state index is 9.64. The molecule has 5 nitrogen and oxygen atoms in total. The lowest BCUT2D eigenvalue weighted by Crippen LogP contribution is -2.22. The summed E-state index contributed by atoms with van der Waals surface area (Å²) in [4.78, 5) is 23.1. The van der Waals surface area contributed by atoms with E-state index in [1.165, 1.54) is 6.20 Å². The lowest BCUT2D eigenvalue weighted by atomic mass is 10.4. The second kappa shape index (κ2) is 4.84. The van der Waals surface area contributed by atoms with Crippen molar-refractivity contribution in [3.8, 4) is 0 Å². The number of hydrogen-bond donors (Lipinski definition) is 2. The monoisotopic (exact) mass is 219 g/mol. The quantitative estimate of drug-likeness (QED) is 0.562. The number of aryl methyl sites for hydroxylation is 1. The molecule has 1 rings (SSSR count). The van der Waals surface area contributed by atoms with Gasteiger partial charge < -0.3 is 0 Å². The molecule has 0 spiro atoms. The SMILES string of the molecule is CCCCO[P+](O)(O)c1nccn1C. The predicted molar refractivity (Wildman–Crippen MR) is 55.1 cm³/mol. The summed E-state index contributed by atoms with van der Waals surface area (Å²) in [7, 11) is -1.76. The molecule has 14 heavy (non-hydrogen) atoms. The average Bonchev–Trinajstić information content (AvgIpc) is 2.52. The highest BCUT2D eigenvalue weighted by molar-refractivity contribution is 7.67. The molecule has 6 heteroatoms. The summed E-state index contributed by atoms with van der Waals surface area (Å²) in [6, 6.07) is 0. The van der Waals surface area contributed by atoms with Crippen LogP contribution in [0.3, 0.4) is 0 Å². The van der Waals surface area contributed by atoms with Crippen LogP contribution in [0.2, 0.25) is 0 Å². The molecule has 80 valence electrons. The largest absolute Gasteiger partial charge is 0.482 e. The van der Waals surface area contributed by atoms with Gasteiger partial charge in [-0.1, -0.05) is 13.3 Å². The molecule has 2 N–H and O–H groups in total. The molecule has 0 saturated carbocycles. The van der Waals surface area contributed by atoms with Crippen molar-refractivity contribution in [1.29, 1.82) is 0 Å². The van der Waals surface area contributed by atoms with Crippen molar-refractivity contribution in [3.05, 3.63) is 12.4 Å². The Kier molecular flexibility index (Phi) is 4.01. The lowest BCUT2D eigenvalue weighted by Gasteiger charge is -2.09. The molecule has 0 aliphatic rings. The van der Waals surface area contributed by atoms with Gasteiger partial charge in [-0.2, -0.15) is 19.3 Å². The van der Waals surface area contributed by atoms with E-state index in [0.29, 0.717) is 6.61 Å². The van der Waals surface area contributed by atoms with Crippen molar-refractivity contribution in [3.63, 3.8) is 0 Å². The second-order valence-corrected chi connectivity index (χ2v) is 4.82. The van der Waals surface area contributed by atoms with Crippen molar-refractivity contribution < 1.29 is 14.3 Å². The Morgan fingerprint density at radius 1 is 1.57 bits per heavy atom. The summed E-state index contributed by atoms with van der Waals surface area (Å²) in [5.41, 5.74) is 0.202. The van der Waals surface area contributed by atoms with E-state index < -0.39 is 7.94 Å². The minimum Gasteiger partial charge on any atom is -0.298 e. The fourth-order valence-electron chi connectivity index (χ4n) is 1.03. The number of unbranched alkanes of at least 4 members (excludes halogenated alkanes) is 1. The van der Waals surface area contributed by atoms with Gasteiger partial charge in [-0.15, -0.1) is 0 Å². The average molecular weight is 219 g/mol.